The Morgan fingerprint density at radius 2 is 1.90 bits per heavy atom. The molecule has 162 valence electrons. The molecule has 0 N–H and O–H groups in total. The Labute approximate surface area is 183 Å². The number of imide groups is 1. The Morgan fingerprint density at radius 3 is 2.61 bits per heavy atom. The number of hydrogen-bond donors (Lipinski definition) is 0. The van der Waals surface area contributed by atoms with Gasteiger partial charge >= 0.3 is 0 Å². The number of nitrogens with zero attached hydrogens (tertiary/aromatic N) is 3. The number of benzene rings is 1. The molecule has 1 aromatic heterocycles. The molecular weight excluding hydrogens is 390 g/mol. The molecule has 1 aromatic carbocycles. The molecule has 2 saturated heterocycles. The number of carbonyl (C=O) groups is 3. The lowest BCUT2D eigenvalue weighted by molar-refractivity contribution is -0.143. The highest BCUT2D eigenvalue weighted by Crippen LogP contribution is 2.40. The van der Waals surface area contributed by atoms with Crippen molar-refractivity contribution >= 4 is 17.7 Å². The number of aromatic nitrogens is 1. The first-order valence-electron chi connectivity index (χ1n) is 11.1. The Hall–Kier alpha value is -3.02. The molecule has 2 atom stereocenters. The largest absolute Gasteiger partial charge is 0.342 e. The van der Waals surface area contributed by atoms with Crippen LogP contribution < -0.4 is 0 Å². The molecule has 2 fully saturated rings. The van der Waals surface area contributed by atoms with Crippen LogP contribution in [0.1, 0.15) is 43.9 Å². The summed E-state index contributed by atoms with van der Waals surface area (Å²) in [4.78, 5) is 47.4. The SMILES string of the molecule is CC1CCCN(C(=O)CC2(c3ccccc3)CC(=O)N(CCc3ccccn3)C2=O)C1. The summed E-state index contributed by atoms with van der Waals surface area (Å²) in [6, 6.07) is 14.9. The first kappa shape index (κ1) is 21.2. The predicted molar refractivity (Wildman–Crippen MR) is 117 cm³/mol. The highest BCUT2D eigenvalue weighted by molar-refractivity contribution is 6.10. The number of piperidine rings is 1. The zero-order chi connectivity index (χ0) is 21.8. The van der Waals surface area contributed by atoms with Crippen molar-refractivity contribution in [3.05, 3.63) is 66.0 Å². The quantitative estimate of drug-likeness (QED) is 0.675. The number of hydrogen-bond acceptors (Lipinski definition) is 4. The van der Waals surface area contributed by atoms with Gasteiger partial charge in [0.2, 0.25) is 17.7 Å². The van der Waals surface area contributed by atoms with Crippen LogP contribution in [0.25, 0.3) is 0 Å². The normalized spacial score (nSPS) is 24.0. The minimum absolute atomic E-state index is 0.0349. The molecule has 0 bridgehead atoms. The second-order valence-electron chi connectivity index (χ2n) is 8.81. The minimum Gasteiger partial charge on any atom is -0.342 e. The zero-order valence-electron chi connectivity index (χ0n) is 18.0. The van der Waals surface area contributed by atoms with Crippen molar-refractivity contribution in [1.29, 1.82) is 0 Å². The van der Waals surface area contributed by atoms with Gasteiger partial charge in [-0.25, -0.2) is 0 Å². The van der Waals surface area contributed by atoms with Crippen molar-refractivity contribution in [3.8, 4) is 0 Å². The van der Waals surface area contributed by atoms with E-state index in [1.807, 2.05) is 53.4 Å². The van der Waals surface area contributed by atoms with Crippen molar-refractivity contribution < 1.29 is 14.4 Å². The second-order valence-corrected chi connectivity index (χ2v) is 8.81. The summed E-state index contributed by atoms with van der Waals surface area (Å²) in [5.74, 6) is -0.0630. The number of rotatable bonds is 6. The van der Waals surface area contributed by atoms with E-state index in [2.05, 4.69) is 11.9 Å². The van der Waals surface area contributed by atoms with Gasteiger partial charge in [-0.3, -0.25) is 24.3 Å². The molecule has 0 spiro atoms. The first-order chi connectivity index (χ1) is 15.0. The van der Waals surface area contributed by atoms with E-state index in [0.29, 0.717) is 12.3 Å². The first-order valence-corrected chi connectivity index (χ1v) is 11.1. The summed E-state index contributed by atoms with van der Waals surface area (Å²) in [5, 5.41) is 0. The lowest BCUT2D eigenvalue weighted by Gasteiger charge is -2.34. The van der Waals surface area contributed by atoms with Crippen LogP contribution in [0.4, 0.5) is 0 Å². The standard InChI is InChI=1S/C25H29N3O3/c1-19-8-7-14-27(18-19)22(29)16-25(20-9-3-2-4-10-20)17-23(30)28(24(25)31)15-12-21-11-5-6-13-26-21/h2-6,9-11,13,19H,7-8,12,14-18H2,1H3. The van der Waals surface area contributed by atoms with Crippen LogP contribution in [-0.4, -0.2) is 52.1 Å². The number of pyridine rings is 1. The molecule has 3 heterocycles. The van der Waals surface area contributed by atoms with E-state index in [-0.39, 0.29) is 37.1 Å². The second kappa shape index (κ2) is 9.00. The van der Waals surface area contributed by atoms with Gasteiger partial charge in [-0.2, -0.15) is 0 Å². The maximum Gasteiger partial charge on any atom is 0.240 e. The minimum atomic E-state index is -1.12. The highest BCUT2D eigenvalue weighted by atomic mass is 16.2. The third-order valence-electron chi connectivity index (χ3n) is 6.52. The molecular formula is C25H29N3O3. The molecule has 31 heavy (non-hydrogen) atoms. The molecule has 6 nitrogen and oxygen atoms in total. The van der Waals surface area contributed by atoms with Gasteiger partial charge in [0.25, 0.3) is 0 Å². The van der Waals surface area contributed by atoms with Crippen LogP contribution in [0.2, 0.25) is 0 Å². The smallest absolute Gasteiger partial charge is 0.240 e. The summed E-state index contributed by atoms with van der Waals surface area (Å²) >= 11 is 0. The molecule has 2 aliphatic heterocycles. The fourth-order valence-electron chi connectivity index (χ4n) is 4.81. The van der Waals surface area contributed by atoms with Gasteiger partial charge in [-0.05, 0) is 36.5 Å². The summed E-state index contributed by atoms with van der Waals surface area (Å²) in [7, 11) is 0. The van der Waals surface area contributed by atoms with Crippen molar-refractivity contribution in [2.24, 2.45) is 5.92 Å². The van der Waals surface area contributed by atoms with Gasteiger partial charge in [-0.1, -0.05) is 43.3 Å². The number of amides is 3. The Bertz CT molecular complexity index is 947. The fraction of sp³-hybridized carbons (Fsp3) is 0.440. The molecule has 0 radical (unpaired) electrons. The predicted octanol–water partition coefficient (Wildman–Crippen LogP) is 2.97. The van der Waals surface area contributed by atoms with Gasteiger partial charge in [0, 0.05) is 50.8 Å². The molecule has 0 saturated carbocycles. The molecule has 0 aliphatic carbocycles. The van der Waals surface area contributed by atoms with Crippen molar-refractivity contribution in [2.45, 2.75) is 44.4 Å². The van der Waals surface area contributed by atoms with E-state index in [1.54, 1.807) is 6.20 Å². The monoisotopic (exact) mass is 419 g/mol. The average Bonchev–Trinajstić information content (AvgIpc) is 3.03. The molecule has 2 unspecified atom stereocenters. The molecule has 6 heteroatoms. The Morgan fingerprint density at radius 1 is 1.13 bits per heavy atom. The summed E-state index contributed by atoms with van der Waals surface area (Å²) in [5.41, 5.74) is 0.450. The van der Waals surface area contributed by atoms with Gasteiger partial charge in [0.05, 0.1) is 5.41 Å². The summed E-state index contributed by atoms with van der Waals surface area (Å²) in [6.07, 6.45) is 4.37. The van der Waals surface area contributed by atoms with Crippen LogP contribution in [-0.2, 0) is 26.2 Å². The van der Waals surface area contributed by atoms with E-state index in [9.17, 15) is 14.4 Å². The topological polar surface area (TPSA) is 70.6 Å². The van der Waals surface area contributed by atoms with Gasteiger partial charge < -0.3 is 4.90 Å². The summed E-state index contributed by atoms with van der Waals surface area (Å²) in [6.45, 7) is 3.86. The maximum absolute atomic E-state index is 13.7. The molecule has 3 amide bonds. The Balaban J connectivity index is 1.58. The lowest BCUT2D eigenvalue weighted by atomic mass is 9.75. The van der Waals surface area contributed by atoms with Crippen molar-refractivity contribution in [2.75, 3.05) is 19.6 Å². The maximum atomic E-state index is 13.7. The van der Waals surface area contributed by atoms with Crippen LogP contribution in [0.15, 0.2) is 54.7 Å². The molecule has 2 aliphatic rings. The Kier molecular flexibility index (Phi) is 6.16. The number of likely N-dealkylation sites (tertiary alicyclic amines) is 2. The van der Waals surface area contributed by atoms with E-state index >= 15 is 0 Å². The third kappa shape index (κ3) is 4.38. The third-order valence-corrected chi connectivity index (χ3v) is 6.52. The number of carbonyl (C=O) groups excluding carboxylic acids is 3. The van der Waals surface area contributed by atoms with Crippen LogP contribution in [0, 0.1) is 5.92 Å². The van der Waals surface area contributed by atoms with Gasteiger partial charge in [0.15, 0.2) is 0 Å². The zero-order valence-corrected chi connectivity index (χ0v) is 18.0. The molecule has 4 rings (SSSR count). The van der Waals surface area contributed by atoms with Crippen molar-refractivity contribution in [3.63, 3.8) is 0 Å². The lowest BCUT2D eigenvalue weighted by Crippen LogP contribution is -2.46. The summed E-state index contributed by atoms with van der Waals surface area (Å²) < 4.78 is 0. The van der Waals surface area contributed by atoms with E-state index in [1.165, 1.54) is 4.90 Å². The van der Waals surface area contributed by atoms with Crippen molar-refractivity contribution in [1.82, 2.24) is 14.8 Å². The van der Waals surface area contributed by atoms with E-state index < -0.39 is 5.41 Å². The van der Waals surface area contributed by atoms with Gasteiger partial charge in [0.1, 0.15) is 0 Å². The van der Waals surface area contributed by atoms with Gasteiger partial charge in [-0.15, -0.1) is 0 Å². The highest BCUT2D eigenvalue weighted by Gasteiger charge is 2.54. The van der Waals surface area contributed by atoms with Crippen LogP contribution in [0.5, 0.6) is 0 Å². The fourth-order valence-corrected chi connectivity index (χ4v) is 4.81. The van der Waals surface area contributed by atoms with E-state index in [4.69, 9.17) is 0 Å². The molecule has 2 aromatic rings. The van der Waals surface area contributed by atoms with E-state index in [0.717, 1.165) is 37.2 Å². The van der Waals surface area contributed by atoms with Crippen LogP contribution >= 0.6 is 0 Å². The average molecular weight is 420 g/mol. The van der Waals surface area contributed by atoms with Crippen LogP contribution in [0.3, 0.4) is 0 Å².